The lowest BCUT2D eigenvalue weighted by Crippen LogP contribution is -2.43. The third-order valence-corrected chi connectivity index (χ3v) is 2.18. The molecule has 2 atom stereocenters. The number of amides is 1. The van der Waals surface area contributed by atoms with Crippen LogP contribution in [0, 0.1) is 0 Å². The summed E-state index contributed by atoms with van der Waals surface area (Å²) in [6, 6.07) is -0.835. The van der Waals surface area contributed by atoms with E-state index in [-0.39, 0.29) is 5.91 Å². The predicted molar refractivity (Wildman–Crippen MR) is 60.9 cm³/mol. The van der Waals surface area contributed by atoms with E-state index < -0.39 is 17.3 Å². The van der Waals surface area contributed by atoms with Crippen LogP contribution in [0.15, 0.2) is 0 Å². The average molecular weight is 234 g/mol. The van der Waals surface area contributed by atoms with Gasteiger partial charge >= 0.3 is 5.97 Å². The Hall–Kier alpha value is -0.750. The second kappa shape index (κ2) is 7.53. The summed E-state index contributed by atoms with van der Waals surface area (Å²) in [4.78, 5) is 22.0. The molecule has 0 fully saturated rings. The third kappa shape index (κ3) is 6.35. The molecule has 0 aromatic carbocycles. The van der Waals surface area contributed by atoms with Crippen molar-refractivity contribution >= 4 is 24.5 Å². The van der Waals surface area contributed by atoms with Gasteiger partial charge in [-0.3, -0.25) is 4.79 Å². The summed E-state index contributed by atoms with van der Waals surface area (Å²) in [5, 5.41) is 10.8. The van der Waals surface area contributed by atoms with E-state index in [0.717, 1.165) is 6.42 Å². The second-order valence-corrected chi connectivity index (χ2v) is 4.13. The van der Waals surface area contributed by atoms with Crippen molar-refractivity contribution in [3.8, 4) is 0 Å². The van der Waals surface area contributed by atoms with Gasteiger partial charge in [0.05, 0.1) is 5.25 Å². The van der Waals surface area contributed by atoms with Crippen molar-refractivity contribution in [3.05, 3.63) is 0 Å². The molecule has 0 spiro atoms. The first-order valence-corrected chi connectivity index (χ1v) is 5.42. The molecule has 1 amide bonds. The molecule has 1 unspecified atom stereocenters. The van der Waals surface area contributed by atoms with Crippen molar-refractivity contribution in [2.75, 3.05) is 6.54 Å². The molecule has 0 aromatic heterocycles. The maximum absolute atomic E-state index is 11.2. The van der Waals surface area contributed by atoms with Crippen LogP contribution in [0.2, 0.25) is 0 Å². The summed E-state index contributed by atoms with van der Waals surface area (Å²) in [5.74, 6) is -1.38. The normalized spacial score (nSPS) is 14.3. The Morgan fingerprint density at radius 3 is 2.47 bits per heavy atom. The van der Waals surface area contributed by atoms with Gasteiger partial charge in [0.15, 0.2) is 0 Å². The summed E-state index contributed by atoms with van der Waals surface area (Å²) in [6.45, 7) is 2.13. The number of carboxylic acids is 1. The molecule has 0 radical (unpaired) electrons. The summed E-state index contributed by atoms with van der Waals surface area (Å²) in [7, 11) is 0. The Bertz CT molecular complexity index is 221. The first kappa shape index (κ1) is 14.2. The quantitative estimate of drug-likeness (QED) is 0.368. The minimum absolute atomic E-state index is 0.363. The summed E-state index contributed by atoms with van der Waals surface area (Å²) in [6.07, 6.45) is 1.85. The summed E-state index contributed by atoms with van der Waals surface area (Å²) in [5.41, 5.74) is 5.29. The van der Waals surface area contributed by atoms with Gasteiger partial charge in [-0.25, -0.2) is 4.79 Å². The smallest absolute Gasteiger partial charge is 0.326 e. The highest BCUT2D eigenvalue weighted by Gasteiger charge is 2.20. The predicted octanol–water partition coefficient (Wildman–Crippen LogP) is 0.00310. The Morgan fingerprint density at radius 2 is 2.07 bits per heavy atom. The fourth-order valence-corrected chi connectivity index (χ4v) is 1.12. The van der Waals surface area contributed by atoms with Crippen LogP contribution < -0.4 is 11.1 Å². The van der Waals surface area contributed by atoms with Gasteiger partial charge in [-0.15, -0.1) is 0 Å². The van der Waals surface area contributed by atoms with E-state index in [9.17, 15) is 9.59 Å². The van der Waals surface area contributed by atoms with Crippen LogP contribution in [0.4, 0.5) is 0 Å². The van der Waals surface area contributed by atoms with Crippen LogP contribution in [0.25, 0.3) is 0 Å². The Labute approximate surface area is 94.8 Å². The van der Waals surface area contributed by atoms with Crippen molar-refractivity contribution in [2.45, 2.75) is 37.5 Å². The third-order valence-electron chi connectivity index (χ3n) is 1.94. The highest BCUT2D eigenvalue weighted by Crippen LogP contribution is 2.02. The number of rotatable bonds is 7. The molecule has 88 valence electrons. The number of hydrogen-bond donors (Lipinski definition) is 4. The molecule has 0 saturated carbocycles. The topological polar surface area (TPSA) is 92.4 Å². The van der Waals surface area contributed by atoms with Gasteiger partial charge in [-0.2, -0.15) is 12.6 Å². The van der Waals surface area contributed by atoms with E-state index in [1.165, 1.54) is 0 Å². The highest BCUT2D eigenvalue weighted by atomic mass is 32.1. The number of carbonyl (C=O) groups is 2. The molecule has 0 aliphatic rings. The van der Waals surface area contributed by atoms with Gasteiger partial charge < -0.3 is 16.2 Å². The monoisotopic (exact) mass is 234 g/mol. The maximum Gasteiger partial charge on any atom is 0.326 e. The van der Waals surface area contributed by atoms with Gasteiger partial charge in [0.2, 0.25) is 5.91 Å². The lowest BCUT2D eigenvalue weighted by Gasteiger charge is -2.15. The highest BCUT2D eigenvalue weighted by molar-refractivity contribution is 7.81. The molecule has 0 aliphatic carbocycles. The number of nitrogens with one attached hydrogen (secondary N) is 1. The van der Waals surface area contributed by atoms with Crippen LogP contribution in [0.3, 0.4) is 0 Å². The zero-order valence-corrected chi connectivity index (χ0v) is 9.67. The molecule has 0 heterocycles. The van der Waals surface area contributed by atoms with E-state index in [0.29, 0.717) is 19.4 Å². The number of carboxylic acid groups (broad SMARTS) is 1. The van der Waals surface area contributed by atoms with Crippen molar-refractivity contribution in [1.29, 1.82) is 0 Å². The minimum atomic E-state index is -1.02. The number of aliphatic carboxylic acids is 1. The second-order valence-electron chi connectivity index (χ2n) is 3.36. The molecule has 15 heavy (non-hydrogen) atoms. The zero-order valence-electron chi connectivity index (χ0n) is 8.77. The van der Waals surface area contributed by atoms with Gasteiger partial charge in [0, 0.05) is 0 Å². The lowest BCUT2D eigenvalue weighted by molar-refractivity contribution is -0.141. The van der Waals surface area contributed by atoms with Gasteiger partial charge in [-0.05, 0) is 32.7 Å². The largest absolute Gasteiger partial charge is 0.480 e. The van der Waals surface area contributed by atoms with Crippen molar-refractivity contribution in [3.63, 3.8) is 0 Å². The molecule has 0 aromatic rings. The van der Waals surface area contributed by atoms with Crippen LogP contribution >= 0.6 is 12.6 Å². The standard InChI is InChI=1S/C9H18N2O3S/c1-6(15)8(12)11-7(9(13)14)4-2-3-5-10/h6-7,15H,2-5,10H2,1H3,(H,11,12)(H,13,14)/t6?,7-/m0/s1. The zero-order chi connectivity index (χ0) is 11.8. The molecule has 0 rings (SSSR count). The fourth-order valence-electron chi connectivity index (χ4n) is 1.04. The van der Waals surface area contributed by atoms with E-state index >= 15 is 0 Å². The van der Waals surface area contributed by atoms with Gasteiger partial charge in [0.1, 0.15) is 6.04 Å². The molecule has 4 N–H and O–H groups in total. The van der Waals surface area contributed by atoms with Crippen LogP contribution in [-0.4, -0.2) is 34.8 Å². The molecule has 6 heteroatoms. The lowest BCUT2D eigenvalue weighted by atomic mass is 10.1. The molecule has 0 bridgehead atoms. The number of carbonyl (C=O) groups excluding carboxylic acids is 1. The van der Waals surface area contributed by atoms with Crippen LogP contribution in [0.1, 0.15) is 26.2 Å². The summed E-state index contributed by atoms with van der Waals surface area (Å²) >= 11 is 3.92. The van der Waals surface area contributed by atoms with E-state index in [2.05, 4.69) is 17.9 Å². The Morgan fingerprint density at radius 1 is 1.47 bits per heavy atom. The van der Waals surface area contributed by atoms with E-state index in [1.54, 1.807) is 6.92 Å². The Balaban J connectivity index is 4.05. The number of nitrogens with two attached hydrogens (primary N) is 1. The Kier molecular flexibility index (Phi) is 7.15. The number of hydrogen-bond acceptors (Lipinski definition) is 4. The van der Waals surface area contributed by atoms with Gasteiger partial charge in [0.25, 0.3) is 0 Å². The van der Waals surface area contributed by atoms with Crippen molar-refractivity contribution in [1.82, 2.24) is 5.32 Å². The molecule has 5 nitrogen and oxygen atoms in total. The number of thiol groups is 1. The SMILES string of the molecule is CC(S)C(=O)N[C@@H](CCCCN)C(=O)O. The van der Waals surface area contributed by atoms with E-state index in [4.69, 9.17) is 10.8 Å². The maximum atomic E-state index is 11.2. The van der Waals surface area contributed by atoms with Crippen molar-refractivity contribution < 1.29 is 14.7 Å². The van der Waals surface area contributed by atoms with Crippen LogP contribution in [0.5, 0.6) is 0 Å². The number of unbranched alkanes of at least 4 members (excludes halogenated alkanes) is 1. The summed E-state index contributed by atoms with van der Waals surface area (Å²) < 4.78 is 0. The van der Waals surface area contributed by atoms with Crippen LogP contribution in [-0.2, 0) is 9.59 Å². The molecule has 0 aliphatic heterocycles. The minimum Gasteiger partial charge on any atom is -0.480 e. The molecular weight excluding hydrogens is 216 g/mol. The average Bonchev–Trinajstić information content (AvgIpc) is 2.15. The fraction of sp³-hybridized carbons (Fsp3) is 0.778. The first-order valence-electron chi connectivity index (χ1n) is 4.90. The van der Waals surface area contributed by atoms with Crippen molar-refractivity contribution in [2.24, 2.45) is 5.73 Å². The van der Waals surface area contributed by atoms with Gasteiger partial charge in [-0.1, -0.05) is 0 Å². The molecular formula is C9H18N2O3S. The first-order chi connectivity index (χ1) is 6.99. The molecule has 0 saturated heterocycles. The van der Waals surface area contributed by atoms with E-state index in [1.807, 2.05) is 0 Å².